The molecule has 0 amide bonds. The highest BCUT2D eigenvalue weighted by Gasteiger charge is 2.08. The largest absolute Gasteiger partial charge is 0.478 e. The molecule has 132 valence electrons. The third kappa shape index (κ3) is 3.15. The molecule has 0 unspecified atom stereocenters. The summed E-state index contributed by atoms with van der Waals surface area (Å²) in [6, 6.07) is 23.6. The molecule has 0 aliphatic rings. The molecule has 3 aromatic carbocycles. The molecule has 4 rings (SSSR count). The van der Waals surface area contributed by atoms with Gasteiger partial charge in [-0.15, -0.1) is 0 Å². The van der Waals surface area contributed by atoms with Crippen LogP contribution in [0, 0.1) is 0 Å². The minimum absolute atomic E-state index is 0.285. The van der Waals surface area contributed by atoms with Crippen molar-refractivity contribution < 1.29 is 9.90 Å². The van der Waals surface area contributed by atoms with Crippen molar-refractivity contribution >= 4 is 22.3 Å². The lowest BCUT2D eigenvalue weighted by Crippen LogP contribution is -1.94. The number of allylic oxidation sites excluding steroid dienone is 1. The standard InChI is InChI=1S/C24H19NO2/c1-15(2)20-5-3-4-16-6-11-19(14-21(16)20)23-13-12-22(25-23)17-7-9-18(10-8-17)24(26)27/h3-14,25H,1H2,2H3,(H,26,27). The van der Waals surface area contributed by atoms with Crippen LogP contribution in [0.2, 0.25) is 0 Å². The summed E-state index contributed by atoms with van der Waals surface area (Å²) in [6.07, 6.45) is 0. The first-order chi connectivity index (χ1) is 13.0. The van der Waals surface area contributed by atoms with Crippen LogP contribution in [0.25, 0.3) is 38.9 Å². The molecule has 0 bridgehead atoms. The van der Waals surface area contributed by atoms with Crippen molar-refractivity contribution in [3.05, 3.63) is 90.5 Å². The highest BCUT2D eigenvalue weighted by molar-refractivity contribution is 5.95. The summed E-state index contributed by atoms with van der Waals surface area (Å²) < 4.78 is 0. The Balaban J connectivity index is 1.73. The molecule has 0 aliphatic carbocycles. The molecule has 0 radical (unpaired) electrons. The maximum atomic E-state index is 11.0. The fourth-order valence-electron chi connectivity index (χ4n) is 3.34. The highest BCUT2D eigenvalue weighted by atomic mass is 16.4. The van der Waals surface area contributed by atoms with E-state index in [0.717, 1.165) is 33.7 Å². The number of nitrogens with one attached hydrogen (secondary N) is 1. The molecule has 0 fully saturated rings. The molecular formula is C24H19NO2. The Kier molecular flexibility index (Phi) is 4.13. The topological polar surface area (TPSA) is 53.1 Å². The number of hydrogen-bond acceptors (Lipinski definition) is 1. The number of carbonyl (C=O) groups is 1. The molecule has 0 spiro atoms. The highest BCUT2D eigenvalue weighted by Crippen LogP contribution is 2.30. The Bertz CT molecular complexity index is 1170. The Hall–Kier alpha value is -3.59. The molecule has 4 aromatic rings. The van der Waals surface area contributed by atoms with E-state index < -0.39 is 5.97 Å². The van der Waals surface area contributed by atoms with Crippen molar-refractivity contribution in [1.82, 2.24) is 4.98 Å². The van der Waals surface area contributed by atoms with E-state index in [2.05, 4.69) is 48.0 Å². The normalized spacial score (nSPS) is 10.9. The van der Waals surface area contributed by atoms with E-state index in [9.17, 15) is 4.79 Å². The predicted molar refractivity (Wildman–Crippen MR) is 111 cm³/mol. The summed E-state index contributed by atoms with van der Waals surface area (Å²) in [5.41, 5.74) is 6.52. The Labute approximate surface area is 157 Å². The lowest BCUT2D eigenvalue weighted by Gasteiger charge is -2.08. The zero-order chi connectivity index (χ0) is 19.0. The fourth-order valence-corrected chi connectivity index (χ4v) is 3.34. The second-order valence-corrected chi connectivity index (χ2v) is 6.69. The van der Waals surface area contributed by atoms with E-state index in [0.29, 0.717) is 0 Å². The van der Waals surface area contributed by atoms with Crippen molar-refractivity contribution in [2.24, 2.45) is 0 Å². The number of aromatic nitrogens is 1. The van der Waals surface area contributed by atoms with Gasteiger partial charge in [0.25, 0.3) is 0 Å². The first-order valence-corrected chi connectivity index (χ1v) is 8.75. The molecule has 2 N–H and O–H groups in total. The van der Waals surface area contributed by atoms with Gasteiger partial charge in [0.15, 0.2) is 0 Å². The van der Waals surface area contributed by atoms with Gasteiger partial charge in [-0.3, -0.25) is 0 Å². The van der Waals surface area contributed by atoms with Gasteiger partial charge in [0, 0.05) is 11.4 Å². The summed E-state index contributed by atoms with van der Waals surface area (Å²) in [7, 11) is 0. The van der Waals surface area contributed by atoms with Crippen molar-refractivity contribution in [1.29, 1.82) is 0 Å². The third-order valence-corrected chi connectivity index (χ3v) is 4.78. The van der Waals surface area contributed by atoms with E-state index in [1.807, 2.05) is 31.2 Å². The maximum Gasteiger partial charge on any atom is 0.335 e. The van der Waals surface area contributed by atoms with Gasteiger partial charge in [0.05, 0.1) is 5.56 Å². The van der Waals surface area contributed by atoms with Crippen LogP contribution in [0.1, 0.15) is 22.8 Å². The zero-order valence-corrected chi connectivity index (χ0v) is 15.0. The van der Waals surface area contributed by atoms with E-state index in [4.69, 9.17) is 5.11 Å². The zero-order valence-electron chi connectivity index (χ0n) is 15.0. The number of rotatable bonds is 4. The minimum atomic E-state index is -0.918. The van der Waals surface area contributed by atoms with Gasteiger partial charge in [-0.25, -0.2) is 4.79 Å². The van der Waals surface area contributed by atoms with E-state index in [1.165, 1.54) is 10.8 Å². The number of H-pyrrole nitrogens is 1. The molecule has 0 saturated carbocycles. The van der Waals surface area contributed by atoms with Crippen LogP contribution in [0.15, 0.2) is 79.4 Å². The van der Waals surface area contributed by atoms with Gasteiger partial charge < -0.3 is 10.1 Å². The Morgan fingerprint density at radius 1 is 0.889 bits per heavy atom. The van der Waals surface area contributed by atoms with Crippen LogP contribution in [0.4, 0.5) is 0 Å². The number of benzene rings is 3. The summed E-state index contributed by atoms with van der Waals surface area (Å²) in [4.78, 5) is 14.4. The predicted octanol–water partition coefficient (Wildman–Crippen LogP) is 6.23. The second kappa shape index (κ2) is 6.61. The molecule has 0 atom stereocenters. The number of hydrogen-bond donors (Lipinski definition) is 2. The van der Waals surface area contributed by atoms with Gasteiger partial charge in [-0.2, -0.15) is 0 Å². The average Bonchev–Trinajstić information content (AvgIpc) is 3.17. The summed E-state index contributed by atoms with van der Waals surface area (Å²) in [5.74, 6) is -0.918. The van der Waals surface area contributed by atoms with Crippen LogP contribution in [0.3, 0.4) is 0 Å². The molecule has 0 aliphatic heterocycles. The number of carboxylic acids is 1. The first kappa shape index (κ1) is 16.9. The summed E-state index contributed by atoms with van der Waals surface area (Å²) >= 11 is 0. The molecule has 3 heteroatoms. The maximum absolute atomic E-state index is 11.0. The first-order valence-electron chi connectivity index (χ1n) is 8.75. The lowest BCUT2D eigenvalue weighted by molar-refractivity contribution is 0.0697. The molecule has 1 heterocycles. The smallest absolute Gasteiger partial charge is 0.335 e. The van der Waals surface area contributed by atoms with Crippen LogP contribution >= 0.6 is 0 Å². The number of aromatic carboxylic acids is 1. The van der Waals surface area contributed by atoms with Gasteiger partial charge in [-0.1, -0.05) is 54.6 Å². The monoisotopic (exact) mass is 353 g/mol. The molecule has 3 nitrogen and oxygen atoms in total. The number of fused-ring (bicyclic) bond motifs is 1. The van der Waals surface area contributed by atoms with Gasteiger partial charge in [0.2, 0.25) is 0 Å². The van der Waals surface area contributed by atoms with Gasteiger partial charge >= 0.3 is 5.97 Å². The Morgan fingerprint density at radius 3 is 2.22 bits per heavy atom. The molecule has 1 aromatic heterocycles. The second-order valence-electron chi connectivity index (χ2n) is 6.69. The number of carboxylic acid groups (broad SMARTS) is 1. The van der Waals surface area contributed by atoms with Crippen molar-refractivity contribution in [3.8, 4) is 22.5 Å². The Morgan fingerprint density at radius 2 is 1.56 bits per heavy atom. The molecule has 0 saturated heterocycles. The van der Waals surface area contributed by atoms with Crippen LogP contribution in [0.5, 0.6) is 0 Å². The van der Waals surface area contributed by atoms with Crippen LogP contribution in [-0.2, 0) is 0 Å². The molecule has 27 heavy (non-hydrogen) atoms. The summed E-state index contributed by atoms with van der Waals surface area (Å²) in [5, 5.41) is 11.4. The van der Waals surface area contributed by atoms with E-state index in [-0.39, 0.29) is 5.56 Å². The summed E-state index contributed by atoms with van der Waals surface area (Å²) in [6.45, 7) is 6.11. The fraction of sp³-hybridized carbons (Fsp3) is 0.0417. The quantitative estimate of drug-likeness (QED) is 0.457. The average molecular weight is 353 g/mol. The van der Waals surface area contributed by atoms with E-state index in [1.54, 1.807) is 12.1 Å². The minimum Gasteiger partial charge on any atom is -0.478 e. The van der Waals surface area contributed by atoms with Gasteiger partial charge in [-0.05, 0) is 64.7 Å². The van der Waals surface area contributed by atoms with Crippen LogP contribution in [-0.4, -0.2) is 16.1 Å². The van der Waals surface area contributed by atoms with Crippen molar-refractivity contribution in [2.75, 3.05) is 0 Å². The van der Waals surface area contributed by atoms with Crippen molar-refractivity contribution in [2.45, 2.75) is 6.92 Å². The third-order valence-electron chi connectivity index (χ3n) is 4.78. The SMILES string of the molecule is C=C(C)c1cccc2ccc(-c3ccc(-c4ccc(C(=O)O)cc4)[nH]3)cc12. The van der Waals surface area contributed by atoms with Gasteiger partial charge in [0.1, 0.15) is 0 Å². The van der Waals surface area contributed by atoms with Crippen molar-refractivity contribution in [3.63, 3.8) is 0 Å². The number of aromatic amines is 1. The molecular weight excluding hydrogens is 334 g/mol. The van der Waals surface area contributed by atoms with Crippen LogP contribution < -0.4 is 0 Å². The lowest BCUT2D eigenvalue weighted by atomic mass is 9.97. The van der Waals surface area contributed by atoms with E-state index >= 15 is 0 Å².